The third kappa shape index (κ3) is 3.96. The number of hydrogen-bond acceptors (Lipinski definition) is 3. The lowest BCUT2D eigenvalue weighted by Crippen LogP contribution is -2.43. The van der Waals surface area contributed by atoms with E-state index in [-0.39, 0.29) is 18.2 Å². The van der Waals surface area contributed by atoms with Gasteiger partial charge in [0, 0.05) is 4.88 Å². The number of thiophene rings is 1. The molecule has 1 aliphatic carbocycles. The van der Waals surface area contributed by atoms with Crippen LogP contribution >= 0.6 is 11.3 Å². The number of benzene rings is 1. The van der Waals surface area contributed by atoms with Crippen molar-refractivity contribution in [3.05, 3.63) is 52.2 Å². The highest BCUT2D eigenvalue weighted by molar-refractivity contribution is 7.10. The summed E-state index contributed by atoms with van der Waals surface area (Å²) in [6.45, 7) is -0.0573. The SMILES string of the molecule is O=C(NCC(O)(c1cccs1)C1CC1)Nc1ccccc1C(F)(F)F. The quantitative estimate of drug-likeness (QED) is 0.739. The zero-order chi connectivity index (χ0) is 18.1. The number of hydrogen-bond donors (Lipinski definition) is 3. The lowest BCUT2D eigenvalue weighted by atomic mass is 9.96. The lowest BCUT2D eigenvalue weighted by Gasteiger charge is -2.27. The summed E-state index contributed by atoms with van der Waals surface area (Å²) in [5.74, 6) is 0.0499. The molecule has 0 saturated heterocycles. The van der Waals surface area contributed by atoms with Crippen LogP contribution in [-0.4, -0.2) is 17.7 Å². The van der Waals surface area contributed by atoms with Gasteiger partial charge in [-0.2, -0.15) is 13.2 Å². The predicted octanol–water partition coefficient (Wildman–Crippen LogP) is 4.19. The van der Waals surface area contributed by atoms with Gasteiger partial charge < -0.3 is 15.7 Å². The van der Waals surface area contributed by atoms with E-state index in [9.17, 15) is 23.1 Å². The molecule has 25 heavy (non-hydrogen) atoms. The second kappa shape index (κ2) is 6.68. The average Bonchev–Trinajstić information content (AvgIpc) is 3.27. The van der Waals surface area contributed by atoms with Crippen LogP contribution in [0.1, 0.15) is 23.3 Å². The molecular weight excluding hydrogens is 353 g/mol. The van der Waals surface area contributed by atoms with Crippen molar-refractivity contribution in [1.29, 1.82) is 0 Å². The van der Waals surface area contributed by atoms with Crippen LogP contribution in [0, 0.1) is 5.92 Å². The number of para-hydroxylation sites is 1. The third-order valence-corrected chi connectivity index (χ3v) is 5.24. The van der Waals surface area contributed by atoms with Crippen LogP contribution in [0.25, 0.3) is 0 Å². The van der Waals surface area contributed by atoms with Crippen molar-refractivity contribution >= 4 is 23.1 Å². The van der Waals surface area contributed by atoms with Crippen molar-refractivity contribution in [2.24, 2.45) is 5.92 Å². The van der Waals surface area contributed by atoms with Crippen LogP contribution in [0.3, 0.4) is 0 Å². The van der Waals surface area contributed by atoms with Crippen LogP contribution in [0.2, 0.25) is 0 Å². The smallest absolute Gasteiger partial charge is 0.382 e. The molecular formula is C17H17F3N2O2S. The maximum atomic E-state index is 13.0. The van der Waals surface area contributed by atoms with Crippen LogP contribution in [0.4, 0.5) is 23.7 Å². The molecule has 134 valence electrons. The second-order valence-electron chi connectivity index (χ2n) is 6.03. The highest BCUT2D eigenvalue weighted by Crippen LogP contribution is 2.46. The Bertz CT molecular complexity index is 745. The summed E-state index contributed by atoms with van der Waals surface area (Å²) in [5, 5.41) is 17.4. The molecule has 3 N–H and O–H groups in total. The lowest BCUT2D eigenvalue weighted by molar-refractivity contribution is -0.136. The number of halogens is 3. The van der Waals surface area contributed by atoms with E-state index in [1.54, 1.807) is 6.07 Å². The molecule has 1 heterocycles. The molecule has 1 aromatic carbocycles. The monoisotopic (exact) mass is 370 g/mol. The average molecular weight is 370 g/mol. The summed E-state index contributed by atoms with van der Waals surface area (Å²) < 4.78 is 38.9. The fourth-order valence-corrected chi connectivity index (χ4v) is 3.64. The molecule has 0 spiro atoms. The summed E-state index contributed by atoms with van der Waals surface area (Å²) in [6.07, 6.45) is -2.85. The molecule has 0 bridgehead atoms. The van der Waals surface area contributed by atoms with Crippen LogP contribution < -0.4 is 10.6 Å². The Labute approximate surface area is 146 Å². The van der Waals surface area contributed by atoms with Gasteiger partial charge in [-0.05, 0) is 42.3 Å². The van der Waals surface area contributed by atoms with E-state index in [2.05, 4.69) is 10.6 Å². The molecule has 1 aromatic heterocycles. The summed E-state index contributed by atoms with van der Waals surface area (Å²) in [7, 11) is 0. The van der Waals surface area contributed by atoms with E-state index in [0.29, 0.717) is 0 Å². The van der Waals surface area contributed by atoms with E-state index in [4.69, 9.17) is 0 Å². The van der Waals surface area contributed by atoms with Crippen molar-refractivity contribution in [2.75, 3.05) is 11.9 Å². The third-order valence-electron chi connectivity index (χ3n) is 4.20. The summed E-state index contributed by atoms with van der Waals surface area (Å²) in [6, 6.07) is 7.59. The first-order valence-electron chi connectivity index (χ1n) is 7.78. The number of anilines is 1. The predicted molar refractivity (Wildman–Crippen MR) is 89.4 cm³/mol. The van der Waals surface area contributed by atoms with Gasteiger partial charge in [-0.25, -0.2) is 4.79 Å². The molecule has 1 fully saturated rings. The van der Waals surface area contributed by atoms with Crippen LogP contribution in [0.5, 0.6) is 0 Å². The van der Waals surface area contributed by atoms with Gasteiger partial charge in [0.15, 0.2) is 0 Å². The Morgan fingerprint density at radius 1 is 1.20 bits per heavy atom. The summed E-state index contributed by atoms with van der Waals surface area (Å²) in [4.78, 5) is 12.8. The van der Waals surface area contributed by atoms with Gasteiger partial charge in [0.1, 0.15) is 5.60 Å². The molecule has 1 aliphatic rings. The summed E-state index contributed by atoms with van der Waals surface area (Å²) >= 11 is 1.39. The normalized spacial score (nSPS) is 17.0. The largest absolute Gasteiger partial charge is 0.418 e. The number of amides is 2. The molecule has 1 atom stereocenters. The fraction of sp³-hybridized carbons (Fsp3) is 0.353. The number of aliphatic hydroxyl groups is 1. The number of alkyl halides is 3. The first-order chi connectivity index (χ1) is 11.8. The number of rotatable bonds is 5. The van der Waals surface area contributed by atoms with Crippen molar-refractivity contribution in [3.63, 3.8) is 0 Å². The van der Waals surface area contributed by atoms with E-state index in [1.807, 2.05) is 11.4 Å². The fourth-order valence-electron chi connectivity index (χ4n) is 2.74. The maximum absolute atomic E-state index is 13.0. The molecule has 4 nitrogen and oxygen atoms in total. The van der Waals surface area contributed by atoms with Gasteiger partial charge in [0.25, 0.3) is 0 Å². The van der Waals surface area contributed by atoms with Gasteiger partial charge >= 0.3 is 12.2 Å². The first-order valence-corrected chi connectivity index (χ1v) is 8.66. The molecule has 0 aliphatic heterocycles. The number of carbonyl (C=O) groups is 1. The van der Waals surface area contributed by atoms with E-state index >= 15 is 0 Å². The Morgan fingerprint density at radius 3 is 2.52 bits per heavy atom. The van der Waals surface area contributed by atoms with Gasteiger partial charge in [0.05, 0.1) is 17.8 Å². The van der Waals surface area contributed by atoms with Crippen molar-refractivity contribution < 1.29 is 23.1 Å². The maximum Gasteiger partial charge on any atom is 0.418 e. The molecule has 0 radical (unpaired) electrons. The Kier molecular flexibility index (Phi) is 4.75. The second-order valence-corrected chi connectivity index (χ2v) is 6.97. The number of urea groups is 1. The minimum Gasteiger partial charge on any atom is -0.382 e. The van der Waals surface area contributed by atoms with Crippen molar-refractivity contribution in [2.45, 2.75) is 24.6 Å². The Morgan fingerprint density at radius 2 is 1.92 bits per heavy atom. The van der Waals surface area contributed by atoms with Gasteiger partial charge in [-0.1, -0.05) is 18.2 Å². The van der Waals surface area contributed by atoms with E-state index in [1.165, 1.54) is 29.5 Å². The zero-order valence-electron chi connectivity index (χ0n) is 13.1. The van der Waals surface area contributed by atoms with E-state index < -0.39 is 23.4 Å². The molecule has 8 heteroatoms. The van der Waals surface area contributed by atoms with Crippen molar-refractivity contribution in [1.82, 2.24) is 5.32 Å². The standard InChI is InChI=1S/C17H17F3N2O2S/c18-17(19,20)12-4-1-2-5-13(12)22-15(23)21-10-16(24,11-7-8-11)14-6-3-9-25-14/h1-6,9,11,24H,7-8,10H2,(H2,21,22,23). The highest BCUT2D eigenvalue weighted by atomic mass is 32.1. The number of nitrogens with one attached hydrogen (secondary N) is 2. The Balaban J connectivity index is 1.68. The first kappa shape index (κ1) is 17.8. The summed E-state index contributed by atoms with van der Waals surface area (Å²) in [5.41, 5.74) is -2.42. The number of carbonyl (C=O) groups excluding carboxylic acids is 1. The van der Waals surface area contributed by atoms with Crippen molar-refractivity contribution in [3.8, 4) is 0 Å². The highest BCUT2D eigenvalue weighted by Gasteiger charge is 2.46. The molecule has 1 saturated carbocycles. The minimum atomic E-state index is -4.56. The molecule has 1 unspecified atom stereocenters. The van der Waals surface area contributed by atoms with Gasteiger partial charge in [-0.15, -0.1) is 11.3 Å². The molecule has 2 amide bonds. The topological polar surface area (TPSA) is 61.4 Å². The minimum absolute atomic E-state index is 0.0499. The molecule has 2 aromatic rings. The van der Waals surface area contributed by atoms with E-state index in [0.717, 1.165) is 23.8 Å². The Hall–Kier alpha value is -2.06. The van der Waals surface area contributed by atoms with Crippen LogP contribution in [-0.2, 0) is 11.8 Å². The molecule has 3 rings (SSSR count). The van der Waals surface area contributed by atoms with Crippen LogP contribution in [0.15, 0.2) is 41.8 Å². The zero-order valence-corrected chi connectivity index (χ0v) is 14.0. The van der Waals surface area contributed by atoms with Gasteiger partial charge in [0.2, 0.25) is 0 Å². The van der Waals surface area contributed by atoms with Gasteiger partial charge in [-0.3, -0.25) is 0 Å².